The second-order valence-electron chi connectivity index (χ2n) is 8.57. The average molecular weight is 382 g/mol. The topological polar surface area (TPSA) is 64.6 Å². The van der Waals surface area contributed by atoms with Gasteiger partial charge in [-0.15, -0.1) is 0 Å². The van der Waals surface area contributed by atoms with Gasteiger partial charge in [-0.25, -0.2) is 4.79 Å². The van der Waals surface area contributed by atoms with Crippen LogP contribution in [0.1, 0.15) is 87.0 Å². The fraction of sp³-hybridized carbons (Fsp3) is 0.818. The molecule has 0 unspecified atom stereocenters. The molecule has 1 aliphatic carbocycles. The van der Waals surface area contributed by atoms with Crippen molar-refractivity contribution in [3.8, 4) is 0 Å². The Labute approximate surface area is 165 Å². The molecule has 0 saturated carbocycles. The van der Waals surface area contributed by atoms with Crippen LogP contribution in [0.15, 0.2) is 11.6 Å². The summed E-state index contributed by atoms with van der Waals surface area (Å²) in [5.74, 6) is 0.235. The third-order valence-electron chi connectivity index (χ3n) is 5.04. The maximum Gasteiger partial charge on any atom is 0.407 e. The molecular weight excluding hydrogens is 342 g/mol. The molecule has 5 nitrogen and oxygen atoms in total. The summed E-state index contributed by atoms with van der Waals surface area (Å²) >= 11 is 0. The molecule has 1 aliphatic rings. The Morgan fingerprint density at radius 2 is 1.85 bits per heavy atom. The van der Waals surface area contributed by atoms with Crippen molar-refractivity contribution in [1.82, 2.24) is 5.32 Å². The molecule has 0 radical (unpaired) electrons. The molecule has 27 heavy (non-hydrogen) atoms. The van der Waals surface area contributed by atoms with E-state index in [1.165, 1.54) is 0 Å². The number of carbonyl (C=O) groups excluding carboxylic acids is 2. The van der Waals surface area contributed by atoms with Crippen molar-refractivity contribution in [2.75, 3.05) is 0 Å². The third kappa shape index (κ3) is 8.04. The van der Waals surface area contributed by atoms with Gasteiger partial charge in [-0.2, -0.15) is 0 Å². The number of carbonyl (C=O) groups is 2. The number of rotatable bonds is 9. The molecule has 1 amide bonds. The van der Waals surface area contributed by atoms with Gasteiger partial charge in [0.05, 0.1) is 12.2 Å². The summed E-state index contributed by atoms with van der Waals surface area (Å²) in [4.78, 5) is 24.9. The standard InChI is InChI=1S/C22H39NO4/c1-8-11-12-19(24)16-13-18(23-21(25)27-22(5,6)7)15(4)20(14-16)26-17(9-2)10-3/h14-15,17-18,20H,8-13H2,1-7H3,(H,23,25)/t15-,18+,20-/m1/s1. The molecule has 0 fully saturated rings. The zero-order chi connectivity index (χ0) is 20.6. The molecule has 0 saturated heterocycles. The predicted octanol–water partition coefficient (Wildman–Crippen LogP) is 5.18. The highest BCUT2D eigenvalue weighted by atomic mass is 16.6. The van der Waals surface area contributed by atoms with Crippen LogP contribution in [0.3, 0.4) is 0 Å². The Balaban J connectivity index is 2.96. The minimum absolute atomic E-state index is 0.0702. The van der Waals surface area contributed by atoms with Crippen LogP contribution in [0.2, 0.25) is 0 Å². The first kappa shape index (κ1) is 23.7. The summed E-state index contributed by atoms with van der Waals surface area (Å²) in [7, 11) is 0. The van der Waals surface area contributed by atoms with Crippen molar-refractivity contribution >= 4 is 11.9 Å². The molecule has 0 bridgehead atoms. The molecular formula is C22H39NO4. The fourth-order valence-corrected chi connectivity index (χ4v) is 3.28. The third-order valence-corrected chi connectivity index (χ3v) is 5.04. The van der Waals surface area contributed by atoms with Crippen molar-refractivity contribution in [3.63, 3.8) is 0 Å². The van der Waals surface area contributed by atoms with Crippen LogP contribution >= 0.6 is 0 Å². The van der Waals surface area contributed by atoms with Crippen LogP contribution in [0.5, 0.6) is 0 Å². The number of hydrogen-bond donors (Lipinski definition) is 1. The lowest BCUT2D eigenvalue weighted by molar-refractivity contribution is -0.116. The van der Waals surface area contributed by atoms with Crippen molar-refractivity contribution < 1.29 is 19.1 Å². The molecule has 0 spiro atoms. The normalized spacial score (nSPS) is 23.1. The summed E-state index contributed by atoms with van der Waals surface area (Å²) in [6, 6.07) is -0.176. The quantitative estimate of drug-likeness (QED) is 0.598. The zero-order valence-corrected chi connectivity index (χ0v) is 18.3. The van der Waals surface area contributed by atoms with Crippen molar-refractivity contribution in [1.29, 1.82) is 0 Å². The minimum atomic E-state index is -0.553. The van der Waals surface area contributed by atoms with Crippen LogP contribution in [0, 0.1) is 5.92 Å². The lowest BCUT2D eigenvalue weighted by Crippen LogP contribution is -2.48. The zero-order valence-electron chi connectivity index (χ0n) is 18.3. The Morgan fingerprint density at radius 3 is 2.37 bits per heavy atom. The Kier molecular flexibility index (Phi) is 9.51. The number of hydrogen-bond acceptors (Lipinski definition) is 4. The number of amides is 1. The van der Waals surface area contributed by atoms with Gasteiger partial charge in [0.15, 0.2) is 5.78 Å². The van der Waals surface area contributed by atoms with Crippen LogP contribution in [-0.2, 0) is 14.3 Å². The van der Waals surface area contributed by atoms with E-state index in [1.54, 1.807) is 0 Å². The second kappa shape index (κ2) is 10.8. The van der Waals surface area contributed by atoms with Crippen molar-refractivity contribution in [2.45, 2.75) is 111 Å². The van der Waals surface area contributed by atoms with Gasteiger partial charge in [0.25, 0.3) is 0 Å². The Bertz CT molecular complexity index is 517. The van der Waals surface area contributed by atoms with E-state index in [-0.39, 0.29) is 30.0 Å². The highest BCUT2D eigenvalue weighted by Gasteiger charge is 2.35. The molecule has 1 N–H and O–H groups in total. The lowest BCUT2D eigenvalue weighted by atomic mass is 9.81. The molecule has 3 atom stereocenters. The SMILES string of the molecule is CCCCC(=O)C1=C[C@@H](OC(CC)CC)[C@H](C)[C@@H](NC(=O)OC(C)(C)C)C1. The van der Waals surface area contributed by atoms with E-state index in [0.29, 0.717) is 12.8 Å². The number of unbranched alkanes of at least 4 members (excludes halogenated alkanes) is 1. The molecule has 156 valence electrons. The fourth-order valence-electron chi connectivity index (χ4n) is 3.28. The monoisotopic (exact) mass is 381 g/mol. The lowest BCUT2D eigenvalue weighted by Gasteiger charge is -2.37. The molecule has 0 aromatic rings. The van der Waals surface area contributed by atoms with E-state index in [9.17, 15) is 9.59 Å². The highest BCUT2D eigenvalue weighted by molar-refractivity contribution is 5.95. The summed E-state index contributed by atoms with van der Waals surface area (Å²) in [6.07, 6.45) is 6.34. The molecule has 0 aromatic heterocycles. The van der Waals surface area contributed by atoms with Crippen molar-refractivity contribution in [2.24, 2.45) is 5.92 Å². The largest absolute Gasteiger partial charge is 0.444 e. The molecule has 0 heterocycles. The van der Waals surface area contributed by atoms with Crippen molar-refractivity contribution in [3.05, 3.63) is 11.6 Å². The number of alkyl carbamates (subject to hydrolysis) is 1. The van der Waals surface area contributed by atoms with Gasteiger partial charge in [-0.3, -0.25) is 4.79 Å². The second-order valence-corrected chi connectivity index (χ2v) is 8.57. The van der Waals surface area contributed by atoms with Gasteiger partial charge >= 0.3 is 6.09 Å². The summed E-state index contributed by atoms with van der Waals surface area (Å²) < 4.78 is 11.7. The Hall–Kier alpha value is -1.36. The van der Waals surface area contributed by atoms with E-state index >= 15 is 0 Å². The highest BCUT2D eigenvalue weighted by Crippen LogP contribution is 2.30. The first-order valence-electron chi connectivity index (χ1n) is 10.5. The smallest absolute Gasteiger partial charge is 0.407 e. The molecule has 5 heteroatoms. The van der Waals surface area contributed by atoms with E-state index in [2.05, 4.69) is 33.0 Å². The summed E-state index contributed by atoms with van der Waals surface area (Å²) in [5.41, 5.74) is 0.224. The van der Waals surface area contributed by atoms with Crippen LogP contribution < -0.4 is 5.32 Å². The predicted molar refractivity (Wildman–Crippen MR) is 109 cm³/mol. The van der Waals surface area contributed by atoms with Gasteiger partial charge in [0, 0.05) is 18.4 Å². The Morgan fingerprint density at radius 1 is 1.22 bits per heavy atom. The van der Waals surface area contributed by atoms with Gasteiger partial charge in [0.1, 0.15) is 5.60 Å². The van der Waals surface area contributed by atoms with E-state index in [4.69, 9.17) is 9.47 Å². The number of Topliss-reactive ketones (excluding diaryl/α,β-unsaturated/α-hetero) is 1. The van der Waals surface area contributed by atoms with Gasteiger partial charge in [-0.05, 0) is 58.1 Å². The van der Waals surface area contributed by atoms with Crippen LogP contribution in [-0.4, -0.2) is 35.7 Å². The van der Waals surface area contributed by atoms with Gasteiger partial charge in [-0.1, -0.05) is 34.1 Å². The number of nitrogens with one attached hydrogen (secondary N) is 1. The first-order chi connectivity index (χ1) is 12.6. The number of ketones is 1. The summed E-state index contributed by atoms with van der Waals surface area (Å²) in [5, 5.41) is 2.97. The van der Waals surface area contributed by atoms with Crippen LogP contribution in [0.4, 0.5) is 4.79 Å². The van der Waals surface area contributed by atoms with Gasteiger partial charge < -0.3 is 14.8 Å². The average Bonchev–Trinajstić information content (AvgIpc) is 2.58. The van der Waals surface area contributed by atoms with E-state index in [1.807, 2.05) is 26.8 Å². The van der Waals surface area contributed by atoms with Crippen LogP contribution in [0.25, 0.3) is 0 Å². The molecule has 1 rings (SSSR count). The summed E-state index contributed by atoms with van der Waals surface area (Å²) in [6.45, 7) is 13.9. The maximum atomic E-state index is 12.6. The van der Waals surface area contributed by atoms with Gasteiger partial charge in [0.2, 0.25) is 0 Å². The molecule has 0 aromatic carbocycles. The van der Waals surface area contributed by atoms with E-state index < -0.39 is 11.7 Å². The van der Waals surface area contributed by atoms with E-state index in [0.717, 1.165) is 31.3 Å². The first-order valence-corrected chi connectivity index (χ1v) is 10.5. The molecule has 0 aliphatic heterocycles. The maximum absolute atomic E-state index is 12.6. The minimum Gasteiger partial charge on any atom is -0.444 e. The number of ether oxygens (including phenoxy) is 2.